The van der Waals surface area contributed by atoms with E-state index in [1.54, 1.807) is 6.20 Å². The number of carboxylic acids is 1. The van der Waals surface area contributed by atoms with E-state index in [9.17, 15) is 14.0 Å². The van der Waals surface area contributed by atoms with Crippen molar-refractivity contribution in [2.45, 2.75) is 31.6 Å². The molecule has 2 atom stereocenters. The van der Waals surface area contributed by atoms with Crippen molar-refractivity contribution in [2.24, 2.45) is 5.92 Å². The average Bonchev–Trinajstić information content (AvgIpc) is 3.28. The van der Waals surface area contributed by atoms with Crippen molar-refractivity contribution in [2.75, 3.05) is 6.54 Å². The molecule has 1 amide bonds. The SMILES string of the molecule is O=C(O)c1cncc(-n2cc([C@@H]3CCC[C@H](CNC(=O)c4cncc(F)c4)C3)nn2)c1. The maximum atomic E-state index is 13.3. The number of hydrogen-bond acceptors (Lipinski definition) is 6. The zero-order valence-corrected chi connectivity index (χ0v) is 16.6. The number of hydrogen-bond donors (Lipinski definition) is 2. The molecule has 1 fully saturated rings. The standard InChI is InChI=1S/C21H21FN6O3/c22-17-5-15(8-23-10-17)20(29)25-7-13-2-1-3-14(4-13)19-12-28(27-26-19)18-6-16(21(30)31)9-24-11-18/h5-6,8-14H,1-4,7H2,(H,25,29)(H,30,31)/t13-,14+/m0/s1. The third kappa shape index (κ3) is 4.90. The lowest BCUT2D eigenvalue weighted by molar-refractivity contribution is 0.0696. The van der Waals surface area contributed by atoms with Gasteiger partial charge in [0.25, 0.3) is 5.91 Å². The first-order valence-corrected chi connectivity index (χ1v) is 9.99. The first-order chi connectivity index (χ1) is 15.0. The number of halogens is 1. The van der Waals surface area contributed by atoms with Gasteiger partial charge in [-0.15, -0.1) is 5.10 Å². The summed E-state index contributed by atoms with van der Waals surface area (Å²) in [5, 5.41) is 20.4. The Morgan fingerprint density at radius 1 is 1.13 bits per heavy atom. The van der Waals surface area contributed by atoms with E-state index < -0.39 is 11.8 Å². The maximum Gasteiger partial charge on any atom is 0.337 e. The Morgan fingerprint density at radius 3 is 2.74 bits per heavy atom. The minimum Gasteiger partial charge on any atom is -0.478 e. The van der Waals surface area contributed by atoms with Crippen LogP contribution < -0.4 is 5.32 Å². The van der Waals surface area contributed by atoms with Gasteiger partial charge >= 0.3 is 5.97 Å². The summed E-state index contributed by atoms with van der Waals surface area (Å²) >= 11 is 0. The molecule has 160 valence electrons. The fourth-order valence-electron chi connectivity index (χ4n) is 3.88. The zero-order valence-electron chi connectivity index (χ0n) is 16.6. The van der Waals surface area contributed by atoms with E-state index in [4.69, 9.17) is 5.11 Å². The molecule has 3 heterocycles. The Morgan fingerprint density at radius 2 is 1.94 bits per heavy atom. The van der Waals surface area contributed by atoms with E-state index in [2.05, 4.69) is 25.6 Å². The molecule has 0 unspecified atom stereocenters. The molecule has 0 aliphatic heterocycles. The largest absolute Gasteiger partial charge is 0.478 e. The van der Waals surface area contributed by atoms with Crippen LogP contribution in [0.4, 0.5) is 4.39 Å². The lowest BCUT2D eigenvalue weighted by atomic mass is 9.80. The molecular formula is C21H21FN6O3. The molecule has 31 heavy (non-hydrogen) atoms. The van der Waals surface area contributed by atoms with Crippen molar-refractivity contribution < 1.29 is 19.1 Å². The quantitative estimate of drug-likeness (QED) is 0.623. The Balaban J connectivity index is 1.38. The molecule has 4 rings (SSSR count). The smallest absolute Gasteiger partial charge is 0.337 e. The van der Waals surface area contributed by atoms with Crippen LogP contribution in [0.15, 0.2) is 43.1 Å². The van der Waals surface area contributed by atoms with Gasteiger partial charge in [-0.2, -0.15) is 0 Å². The molecule has 1 aliphatic rings. The number of carboxylic acid groups (broad SMARTS) is 1. The summed E-state index contributed by atoms with van der Waals surface area (Å²) in [5.41, 5.74) is 1.64. The van der Waals surface area contributed by atoms with Gasteiger partial charge in [0.05, 0.1) is 41.1 Å². The molecule has 0 saturated heterocycles. The van der Waals surface area contributed by atoms with E-state index in [0.29, 0.717) is 12.2 Å². The minimum atomic E-state index is -1.05. The van der Waals surface area contributed by atoms with Crippen molar-refractivity contribution in [1.82, 2.24) is 30.3 Å². The van der Waals surface area contributed by atoms with Crippen molar-refractivity contribution in [3.63, 3.8) is 0 Å². The number of aromatic carboxylic acids is 1. The Labute approximate surface area is 177 Å². The molecular weight excluding hydrogens is 403 g/mol. The van der Waals surface area contributed by atoms with Gasteiger partial charge in [0.15, 0.2) is 0 Å². The van der Waals surface area contributed by atoms with Crippen molar-refractivity contribution in [3.8, 4) is 5.69 Å². The van der Waals surface area contributed by atoms with Crippen LogP contribution in [0.5, 0.6) is 0 Å². The number of nitrogens with one attached hydrogen (secondary N) is 1. The fourth-order valence-corrected chi connectivity index (χ4v) is 3.88. The zero-order chi connectivity index (χ0) is 21.8. The number of amides is 1. The van der Waals surface area contributed by atoms with Gasteiger partial charge in [-0.05, 0) is 37.3 Å². The number of carbonyl (C=O) groups is 2. The molecule has 0 spiro atoms. The lowest BCUT2D eigenvalue weighted by Crippen LogP contribution is -2.31. The Hall–Kier alpha value is -3.69. The van der Waals surface area contributed by atoms with Crippen molar-refractivity contribution in [3.05, 3.63) is 65.8 Å². The van der Waals surface area contributed by atoms with Gasteiger partial charge < -0.3 is 10.4 Å². The first kappa shape index (κ1) is 20.6. The highest BCUT2D eigenvalue weighted by molar-refractivity contribution is 5.93. The summed E-state index contributed by atoms with van der Waals surface area (Å²) in [6.07, 6.45) is 10.8. The van der Waals surface area contributed by atoms with Gasteiger partial charge in [-0.3, -0.25) is 14.8 Å². The number of aromatic nitrogens is 5. The van der Waals surface area contributed by atoms with Crippen LogP contribution in [0, 0.1) is 11.7 Å². The van der Waals surface area contributed by atoms with Gasteiger partial charge in [0.1, 0.15) is 5.82 Å². The molecule has 10 heteroatoms. The second kappa shape index (κ2) is 8.99. The van der Waals surface area contributed by atoms with Crippen LogP contribution >= 0.6 is 0 Å². The number of nitrogens with zero attached hydrogens (tertiary/aromatic N) is 5. The van der Waals surface area contributed by atoms with Crippen LogP contribution in [0.2, 0.25) is 0 Å². The van der Waals surface area contributed by atoms with E-state index in [0.717, 1.165) is 37.6 Å². The lowest BCUT2D eigenvalue weighted by Gasteiger charge is -2.28. The summed E-state index contributed by atoms with van der Waals surface area (Å²) < 4.78 is 14.8. The second-order valence-corrected chi connectivity index (χ2v) is 7.66. The van der Waals surface area contributed by atoms with E-state index in [1.165, 1.54) is 35.4 Å². The molecule has 3 aromatic rings. The average molecular weight is 424 g/mol. The van der Waals surface area contributed by atoms with E-state index in [-0.39, 0.29) is 28.9 Å². The highest BCUT2D eigenvalue weighted by Gasteiger charge is 2.26. The van der Waals surface area contributed by atoms with Gasteiger partial charge in [-0.1, -0.05) is 11.6 Å². The normalized spacial score (nSPS) is 18.5. The predicted molar refractivity (Wildman–Crippen MR) is 107 cm³/mol. The molecule has 2 N–H and O–H groups in total. The summed E-state index contributed by atoms with van der Waals surface area (Å²) in [7, 11) is 0. The molecule has 0 bridgehead atoms. The highest BCUT2D eigenvalue weighted by atomic mass is 19.1. The number of rotatable bonds is 6. The monoisotopic (exact) mass is 424 g/mol. The summed E-state index contributed by atoms with van der Waals surface area (Å²) in [5.74, 6) is -1.48. The topological polar surface area (TPSA) is 123 Å². The van der Waals surface area contributed by atoms with Crippen LogP contribution in [0.25, 0.3) is 5.69 Å². The summed E-state index contributed by atoms with van der Waals surface area (Å²) in [6, 6.07) is 2.66. The molecule has 1 saturated carbocycles. The van der Waals surface area contributed by atoms with Crippen LogP contribution in [-0.4, -0.2) is 48.5 Å². The van der Waals surface area contributed by atoms with Crippen molar-refractivity contribution in [1.29, 1.82) is 0 Å². The Bertz CT molecular complexity index is 1100. The maximum absolute atomic E-state index is 13.3. The van der Waals surface area contributed by atoms with E-state index >= 15 is 0 Å². The van der Waals surface area contributed by atoms with Crippen molar-refractivity contribution >= 4 is 11.9 Å². The van der Waals surface area contributed by atoms with Gasteiger partial charge in [0, 0.05) is 24.9 Å². The van der Waals surface area contributed by atoms with E-state index in [1.807, 2.05) is 0 Å². The Kier molecular flexibility index (Phi) is 5.96. The summed E-state index contributed by atoms with van der Waals surface area (Å²) in [4.78, 5) is 31.0. The predicted octanol–water partition coefficient (Wildman–Crippen LogP) is 2.60. The molecule has 9 nitrogen and oxygen atoms in total. The first-order valence-electron chi connectivity index (χ1n) is 9.99. The van der Waals surface area contributed by atoms with Gasteiger partial charge in [-0.25, -0.2) is 13.9 Å². The van der Waals surface area contributed by atoms with Crippen LogP contribution in [-0.2, 0) is 0 Å². The third-order valence-electron chi connectivity index (χ3n) is 5.47. The minimum absolute atomic E-state index is 0.0801. The molecule has 0 aromatic carbocycles. The molecule has 3 aromatic heterocycles. The number of carbonyl (C=O) groups excluding carboxylic acids is 1. The third-order valence-corrected chi connectivity index (χ3v) is 5.47. The highest BCUT2D eigenvalue weighted by Crippen LogP contribution is 2.35. The fraction of sp³-hybridized carbons (Fsp3) is 0.333. The number of pyridine rings is 2. The summed E-state index contributed by atoms with van der Waals surface area (Å²) in [6.45, 7) is 0.491. The van der Waals surface area contributed by atoms with Gasteiger partial charge in [0.2, 0.25) is 0 Å². The molecule has 0 radical (unpaired) electrons. The molecule has 1 aliphatic carbocycles. The van der Waals surface area contributed by atoms with Crippen LogP contribution in [0.3, 0.4) is 0 Å². The van der Waals surface area contributed by atoms with Crippen LogP contribution in [0.1, 0.15) is 58.0 Å². The second-order valence-electron chi connectivity index (χ2n) is 7.66.